The van der Waals surface area contributed by atoms with Crippen LogP contribution in [0.15, 0.2) is 30.3 Å². The lowest BCUT2D eigenvalue weighted by atomic mass is 10.1. The first-order valence-electron chi connectivity index (χ1n) is 9.92. The van der Waals surface area contributed by atoms with E-state index >= 15 is 0 Å². The van der Waals surface area contributed by atoms with Gasteiger partial charge in [0.2, 0.25) is 5.91 Å². The molecule has 182 valence electrons. The molecule has 0 aromatic heterocycles. The fourth-order valence-corrected chi connectivity index (χ4v) is 1.84. The molecule has 12 nitrogen and oxygen atoms in total. The van der Waals surface area contributed by atoms with E-state index in [1.54, 1.807) is 27.7 Å². The van der Waals surface area contributed by atoms with Gasteiger partial charge in [-0.2, -0.15) is 0 Å². The molecule has 1 aromatic rings. The van der Waals surface area contributed by atoms with Gasteiger partial charge in [-0.05, 0) is 25.3 Å². The van der Waals surface area contributed by atoms with Crippen LogP contribution in [0.5, 0.6) is 0 Å². The number of carbonyl (C=O) groups is 4. The highest BCUT2D eigenvalue weighted by Gasteiger charge is 2.19. The number of hydrogen-bond donors (Lipinski definition) is 8. The monoisotopic (exact) mass is 456 g/mol. The molecule has 0 aliphatic rings. The number of carboxylic acids is 2. The van der Waals surface area contributed by atoms with Gasteiger partial charge in [0.1, 0.15) is 12.1 Å². The van der Waals surface area contributed by atoms with E-state index in [1.807, 2.05) is 35.8 Å². The molecule has 1 aromatic carbocycles. The number of carboxylic acid groups (broad SMARTS) is 2. The zero-order valence-corrected chi connectivity index (χ0v) is 18.9. The largest absolute Gasteiger partial charge is 0.480 e. The molecule has 0 saturated carbocycles. The number of nitrogens with one attached hydrogen (secondary N) is 3. The summed E-state index contributed by atoms with van der Waals surface area (Å²) in [5, 5.41) is 22.2. The summed E-state index contributed by atoms with van der Waals surface area (Å²) in [4.78, 5) is 42.4. The first kappa shape index (κ1) is 31.0. The highest BCUT2D eigenvalue weighted by molar-refractivity contribution is 5.82. The fourth-order valence-electron chi connectivity index (χ4n) is 1.84. The van der Waals surface area contributed by atoms with Gasteiger partial charge in [0.25, 0.3) is 0 Å². The second-order valence-electron chi connectivity index (χ2n) is 6.99. The topological polar surface area (TPSA) is 223 Å². The average molecular weight is 457 g/mol. The van der Waals surface area contributed by atoms with Crippen LogP contribution >= 0.6 is 0 Å². The summed E-state index contributed by atoms with van der Waals surface area (Å²) in [6.07, 6.45) is 0.271. The molecule has 3 atom stereocenters. The zero-order chi connectivity index (χ0) is 25.3. The Morgan fingerprint density at radius 1 is 0.969 bits per heavy atom. The van der Waals surface area contributed by atoms with E-state index in [4.69, 9.17) is 27.5 Å². The predicted octanol–water partition coefficient (Wildman–Crippen LogP) is -0.621. The van der Waals surface area contributed by atoms with Gasteiger partial charge in [0.15, 0.2) is 0 Å². The van der Waals surface area contributed by atoms with Crippen LogP contribution in [-0.4, -0.2) is 58.8 Å². The zero-order valence-electron chi connectivity index (χ0n) is 18.9. The van der Waals surface area contributed by atoms with Crippen LogP contribution in [0.1, 0.15) is 33.3 Å². The van der Waals surface area contributed by atoms with E-state index in [-0.39, 0.29) is 18.2 Å². The van der Waals surface area contributed by atoms with Crippen LogP contribution in [0.2, 0.25) is 0 Å². The molecule has 32 heavy (non-hydrogen) atoms. The number of nitrogens with two attached hydrogens (primary N) is 3. The molecule has 0 saturated heterocycles. The molecule has 11 N–H and O–H groups in total. The maximum Gasteiger partial charge on any atom is 0.326 e. The number of rotatable bonds is 8. The van der Waals surface area contributed by atoms with Crippen LogP contribution in [0, 0.1) is 5.92 Å². The highest BCUT2D eigenvalue weighted by Crippen LogP contribution is 2.03. The van der Waals surface area contributed by atoms with Gasteiger partial charge in [0, 0.05) is 13.0 Å². The van der Waals surface area contributed by atoms with Gasteiger partial charge in [-0.25, -0.2) is 15.4 Å². The van der Waals surface area contributed by atoms with Crippen molar-refractivity contribution in [1.82, 2.24) is 16.1 Å². The number of benzene rings is 1. The van der Waals surface area contributed by atoms with E-state index in [0.717, 1.165) is 5.56 Å². The van der Waals surface area contributed by atoms with Crippen molar-refractivity contribution in [3.8, 4) is 0 Å². The summed E-state index contributed by atoms with van der Waals surface area (Å²) < 4.78 is 0. The number of amides is 3. The Morgan fingerprint density at radius 3 is 1.78 bits per heavy atom. The molecule has 0 bridgehead atoms. The summed E-state index contributed by atoms with van der Waals surface area (Å²) in [5.41, 5.74) is 13.0. The van der Waals surface area contributed by atoms with Gasteiger partial charge < -0.3 is 32.3 Å². The molecule has 0 radical (unpaired) electrons. The number of urea groups is 1. The Kier molecular flexibility index (Phi) is 16.9. The summed E-state index contributed by atoms with van der Waals surface area (Å²) in [7, 11) is 0. The van der Waals surface area contributed by atoms with Crippen molar-refractivity contribution in [2.75, 3.05) is 6.54 Å². The first-order chi connectivity index (χ1) is 14.9. The van der Waals surface area contributed by atoms with E-state index < -0.39 is 36.1 Å². The summed E-state index contributed by atoms with van der Waals surface area (Å²) >= 11 is 0. The van der Waals surface area contributed by atoms with Crippen molar-refractivity contribution in [2.45, 2.75) is 52.2 Å². The third-order valence-corrected chi connectivity index (χ3v) is 3.78. The third-order valence-electron chi connectivity index (χ3n) is 3.78. The molecule has 12 heteroatoms. The summed E-state index contributed by atoms with van der Waals surface area (Å²) in [6, 6.07) is 6.59. The highest BCUT2D eigenvalue weighted by atomic mass is 16.4. The Balaban J connectivity index is 0. The minimum atomic E-state index is -1.04. The van der Waals surface area contributed by atoms with Gasteiger partial charge in [-0.3, -0.25) is 15.0 Å². The van der Waals surface area contributed by atoms with E-state index in [1.165, 1.54) is 0 Å². The molecule has 0 unspecified atom stereocenters. The Morgan fingerprint density at radius 2 is 1.50 bits per heavy atom. The number of hydrogen-bond acceptors (Lipinski definition) is 7. The summed E-state index contributed by atoms with van der Waals surface area (Å²) in [6.45, 7) is 7.34. The Bertz CT molecular complexity index is 699. The normalized spacial score (nSPS) is 12.5. The molecule has 3 amide bonds. The maximum absolute atomic E-state index is 11.3. The minimum Gasteiger partial charge on any atom is -0.480 e. The maximum atomic E-state index is 11.3. The molecule has 0 heterocycles. The minimum absolute atomic E-state index is 0.0208. The lowest BCUT2D eigenvalue weighted by Gasteiger charge is -2.14. The molecule has 1 rings (SSSR count). The van der Waals surface area contributed by atoms with E-state index in [0.29, 0.717) is 6.54 Å². The van der Waals surface area contributed by atoms with Crippen LogP contribution in [0.25, 0.3) is 0 Å². The van der Waals surface area contributed by atoms with Gasteiger partial charge in [-0.1, -0.05) is 44.2 Å². The average Bonchev–Trinajstić information content (AvgIpc) is 2.73. The van der Waals surface area contributed by atoms with Crippen LogP contribution in [-0.2, 0) is 20.8 Å². The molecular weight excluding hydrogens is 420 g/mol. The number of aliphatic carboxylic acids is 2. The van der Waals surface area contributed by atoms with Gasteiger partial charge in [0.05, 0.1) is 6.04 Å². The fraction of sp³-hybridized carbons (Fsp3) is 0.500. The van der Waals surface area contributed by atoms with Crippen LogP contribution in [0.3, 0.4) is 0 Å². The first-order valence-corrected chi connectivity index (χ1v) is 9.92. The lowest BCUT2D eigenvalue weighted by molar-refractivity contribution is -0.140. The van der Waals surface area contributed by atoms with Crippen LogP contribution < -0.4 is 33.4 Å². The van der Waals surface area contributed by atoms with Crippen LogP contribution in [0.4, 0.5) is 4.79 Å². The predicted molar refractivity (Wildman–Crippen MR) is 120 cm³/mol. The molecule has 0 fully saturated rings. The Hall–Kier alpha value is -3.22. The van der Waals surface area contributed by atoms with Gasteiger partial charge >= 0.3 is 18.0 Å². The van der Waals surface area contributed by atoms with Gasteiger partial charge in [-0.15, -0.1) is 0 Å². The molecule has 0 aliphatic heterocycles. The molecule has 0 spiro atoms. The third kappa shape index (κ3) is 15.6. The standard InChI is InChI=1S/C12H16N2O3.C5H11NO2.C3H9N3O/c1-2-13-12(17)14-10(11(15)16)8-9-6-4-3-5-7-9;1-3(2)4(6)5(7)8;1-2(4)3(7)6-5/h3-7,10H,2,8H2,1H3,(H,15,16)(H2,13,14,17);3-4H,6H2,1-2H3,(H,7,8);2H,4-5H2,1H3,(H,6,7)/t10-;4-;2-/m000/s1. The Labute approximate surface area is 187 Å². The quantitative estimate of drug-likeness (QED) is 0.141. The van der Waals surface area contributed by atoms with Crippen molar-refractivity contribution in [3.05, 3.63) is 35.9 Å². The molecular formula is C20H36N6O6. The van der Waals surface area contributed by atoms with Crippen molar-refractivity contribution in [2.24, 2.45) is 23.2 Å². The van der Waals surface area contributed by atoms with Crippen molar-refractivity contribution in [3.63, 3.8) is 0 Å². The number of hydrazine groups is 1. The lowest BCUT2D eigenvalue weighted by Crippen LogP contribution is -2.47. The second-order valence-corrected chi connectivity index (χ2v) is 6.99. The van der Waals surface area contributed by atoms with Crippen molar-refractivity contribution in [1.29, 1.82) is 0 Å². The van der Waals surface area contributed by atoms with Crippen molar-refractivity contribution >= 4 is 23.9 Å². The number of carbonyl (C=O) groups excluding carboxylic acids is 2. The SMILES string of the molecule is CC(C)[C@H](N)C(=O)O.CCNC(=O)N[C@@H](Cc1ccccc1)C(=O)O.C[C@H](N)C(=O)NN. The van der Waals surface area contributed by atoms with E-state index in [9.17, 15) is 19.2 Å². The van der Waals surface area contributed by atoms with Crippen molar-refractivity contribution < 1.29 is 29.4 Å². The summed E-state index contributed by atoms with van der Waals surface area (Å²) in [5.74, 6) is 2.39. The van der Waals surface area contributed by atoms with E-state index in [2.05, 4.69) is 10.6 Å². The smallest absolute Gasteiger partial charge is 0.326 e. The second kappa shape index (κ2) is 17.5. The molecule has 0 aliphatic carbocycles.